The van der Waals surface area contributed by atoms with Crippen molar-refractivity contribution in [1.29, 1.82) is 0 Å². The Hall–Kier alpha value is -0.0700. The SMILES string of the molecule is O=S(=O)(O)N=C1CCCS1. The highest BCUT2D eigenvalue weighted by Crippen LogP contribution is 2.20. The van der Waals surface area contributed by atoms with E-state index in [1.165, 1.54) is 11.8 Å². The number of hydrogen-bond donors (Lipinski definition) is 1. The second kappa shape index (κ2) is 2.89. The summed E-state index contributed by atoms with van der Waals surface area (Å²) in [5, 5.41) is 0.516. The van der Waals surface area contributed by atoms with Crippen LogP contribution in [0.25, 0.3) is 0 Å². The summed E-state index contributed by atoms with van der Waals surface area (Å²) in [5.41, 5.74) is 0. The number of nitrogens with zero attached hydrogens (tertiary/aromatic N) is 1. The molecule has 58 valence electrons. The first-order valence-corrected chi connectivity index (χ1v) is 5.15. The third kappa shape index (κ3) is 2.68. The van der Waals surface area contributed by atoms with Crippen molar-refractivity contribution in [2.24, 2.45) is 4.40 Å². The summed E-state index contributed by atoms with van der Waals surface area (Å²) in [7, 11) is -4.14. The third-order valence-corrected chi connectivity index (χ3v) is 2.71. The first-order valence-electron chi connectivity index (χ1n) is 2.77. The van der Waals surface area contributed by atoms with Gasteiger partial charge in [-0.1, -0.05) is 0 Å². The maximum absolute atomic E-state index is 10.1. The Morgan fingerprint density at radius 2 is 2.30 bits per heavy atom. The van der Waals surface area contributed by atoms with Gasteiger partial charge < -0.3 is 0 Å². The fourth-order valence-corrected chi connectivity index (χ4v) is 2.34. The Labute approximate surface area is 63.6 Å². The van der Waals surface area contributed by atoms with Gasteiger partial charge in [0, 0.05) is 0 Å². The molecule has 0 atom stereocenters. The molecular weight excluding hydrogens is 174 g/mol. The summed E-state index contributed by atoms with van der Waals surface area (Å²) in [5.74, 6) is 0.897. The topological polar surface area (TPSA) is 66.7 Å². The van der Waals surface area contributed by atoms with Crippen LogP contribution in [0.15, 0.2) is 4.40 Å². The standard InChI is InChI=1S/C4H7NO3S2/c6-10(7,8)5-4-2-1-3-9-4/h1-3H2,(H,6,7,8). The monoisotopic (exact) mass is 181 g/mol. The molecule has 0 unspecified atom stereocenters. The lowest BCUT2D eigenvalue weighted by Gasteiger charge is -1.88. The Balaban J connectivity index is 2.72. The Kier molecular flexibility index (Phi) is 2.32. The molecule has 0 amide bonds. The van der Waals surface area contributed by atoms with E-state index in [9.17, 15) is 8.42 Å². The van der Waals surface area contributed by atoms with Crippen LogP contribution in [0, 0.1) is 0 Å². The number of thioether (sulfide) groups is 1. The highest BCUT2D eigenvalue weighted by Gasteiger charge is 2.11. The van der Waals surface area contributed by atoms with Crippen LogP contribution in [-0.4, -0.2) is 23.8 Å². The van der Waals surface area contributed by atoms with E-state index >= 15 is 0 Å². The van der Waals surface area contributed by atoms with Crippen molar-refractivity contribution < 1.29 is 13.0 Å². The molecule has 1 aliphatic rings. The lowest BCUT2D eigenvalue weighted by molar-refractivity contribution is 0.485. The van der Waals surface area contributed by atoms with Crippen molar-refractivity contribution in [2.45, 2.75) is 12.8 Å². The average molecular weight is 181 g/mol. The van der Waals surface area contributed by atoms with Gasteiger partial charge in [0.05, 0.1) is 5.04 Å². The summed E-state index contributed by atoms with van der Waals surface area (Å²) in [6, 6.07) is 0. The summed E-state index contributed by atoms with van der Waals surface area (Å²) in [6.07, 6.45) is 1.61. The first-order chi connectivity index (χ1) is 4.58. The molecule has 1 rings (SSSR count). The zero-order chi connectivity index (χ0) is 7.61. The van der Waals surface area contributed by atoms with E-state index < -0.39 is 10.3 Å². The van der Waals surface area contributed by atoms with Gasteiger partial charge in [-0.25, -0.2) is 0 Å². The van der Waals surface area contributed by atoms with Crippen LogP contribution in [-0.2, 0) is 10.3 Å². The van der Waals surface area contributed by atoms with E-state index in [1.54, 1.807) is 0 Å². The molecule has 0 bridgehead atoms. The highest BCUT2D eigenvalue weighted by atomic mass is 32.2. The average Bonchev–Trinajstić information content (AvgIpc) is 2.12. The van der Waals surface area contributed by atoms with Crippen LogP contribution >= 0.6 is 11.8 Å². The second-order valence-electron chi connectivity index (χ2n) is 1.88. The number of rotatable bonds is 1. The normalized spacial score (nSPS) is 23.9. The van der Waals surface area contributed by atoms with E-state index in [4.69, 9.17) is 4.55 Å². The van der Waals surface area contributed by atoms with Gasteiger partial charge in [0.25, 0.3) is 0 Å². The minimum absolute atomic E-state index is 0.516. The van der Waals surface area contributed by atoms with Crippen molar-refractivity contribution in [3.63, 3.8) is 0 Å². The quantitative estimate of drug-likeness (QED) is 0.605. The smallest absolute Gasteiger partial charge is 0.268 e. The van der Waals surface area contributed by atoms with E-state index in [0.717, 1.165) is 12.2 Å². The molecule has 6 heteroatoms. The summed E-state index contributed by atoms with van der Waals surface area (Å²) in [6.45, 7) is 0. The summed E-state index contributed by atoms with van der Waals surface area (Å²) in [4.78, 5) is 0. The van der Waals surface area contributed by atoms with Crippen LogP contribution in [0.3, 0.4) is 0 Å². The molecule has 1 aliphatic heterocycles. The molecule has 0 spiro atoms. The summed E-state index contributed by atoms with van der Waals surface area (Å²) >= 11 is 1.38. The largest absolute Gasteiger partial charge is 0.379 e. The Morgan fingerprint density at radius 1 is 1.60 bits per heavy atom. The van der Waals surface area contributed by atoms with Crippen molar-refractivity contribution in [2.75, 3.05) is 5.75 Å². The predicted molar refractivity (Wildman–Crippen MR) is 40.7 cm³/mol. The molecule has 1 heterocycles. The highest BCUT2D eigenvalue weighted by molar-refractivity contribution is 8.14. The minimum atomic E-state index is -4.14. The molecule has 10 heavy (non-hydrogen) atoms. The van der Waals surface area contributed by atoms with Crippen molar-refractivity contribution in [1.82, 2.24) is 0 Å². The lowest BCUT2D eigenvalue weighted by Crippen LogP contribution is -1.95. The molecule has 4 nitrogen and oxygen atoms in total. The molecule has 1 fully saturated rings. The van der Waals surface area contributed by atoms with E-state index in [0.29, 0.717) is 11.5 Å². The zero-order valence-electron chi connectivity index (χ0n) is 5.15. The summed E-state index contributed by atoms with van der Waals surface area (Å²) < 4.78 is 31.6. The van der Waals surface area contributed by atoms with Gasteiger partial charge in [0.1, 0.15) is 0 Å². The predicted octanol–water partition coefficient (Wildman–Crippen LogP) is 0.715. The van der Waals surface area contributed by atoms with Gasteiger partial charge in [0.2, 0.25) is 0 Å². The van der Waals surface area contributed by atoms with Crippen molar-refractivity contribution in [3.05, 3.63) is 0 Å². The van der Waals surface area contributed by atoms with Crippen LogP contribution in [0.2, 0.25) is 0 Å². The molecular formula is C4H7NO3S2. The maximum atomic E-state index is 10.1. The van der Waals surface area contributed by atoms with Crippen LogP contribution in [0.4, 0.5) is 0 Å². The van der Waals surface area contributed by atoms with Crippen molar-refractivity contribution >= 4 is 27.1 Å². The molecule has 0 radical (unpaired) electrons. The van der Waals surface area contributed by atoms with Gasteiger partial charge in [-0.05, 0) is 18.6 Å². The zero-order valence-corrected chi connectivity index (χ0v) is 6.78. The van der Waals surface area contributed by atoms with Crippen LogP contribution < -0.4 is 0 Å². The van der Waals surface area contributed by atoms with Gasteiger partial charge >= 0.3 is 10.3 Å². The second-order valence-corrected chi connectivity index (χ2v) is 4.13. The molecule has 0 saturated carbocycles. The Bertz CT molecular complexity index is 235. The molecule has 0 aromatic heterocycles. The fraction of sp³-hybridized carbons (Fsp3) is 0.750. The third-order valence-electron chi connectivity index (χ3n) is 1.02. The minimum Gasteiger partial charge on any atom is -0.268 e. The van der Waals surface area contributed by atoms with Crippen LogP contribution in [0.1, 0.15) is 12.8 Å². The fourth-order valence-electron chi connectivity index (χ4n) is 0.686. The van der Waals surface area contributed by atoms with Crippen molar-refractivity contribution in [3.8, 4) is 0 Å². The van der Waals surface area contributed by atoms with Gasteiger partial charge in [-0.15, -0.1) is 16.2 Å². The van der Waals surface area contributed by atoms with E-state index in [2.05, 4.69) is 4.40 Å². The van der Waals surface area contributed by atoms with E-state index in [1.807, 2.05) is 0 Å². The molecule has 0 aliphatic carbocycles. The van der Waals surface area contributed by atoms with Crippen LogP contribution in [0.5, 0.6) is 0 Å². The van der Waals surface area contributed by atoms with E-state index in [-0.39, 0.29) is 0 Å². The van der Waals surface area contributed by atoms with Gasteiger partial charge in [0.15, 0.2) is 0 Å². The maximum Gasteiger partial charge on any atom is 0.379 e. The molecule has 1 saturated heterocycles. The first kappa shape index (κ1) is 8.03. The molecule has 0 aromatic carbocycles. The van der Waals surface area contributed by atoms with Gasteiger partial charge in [-0.2, -0.15) is 8.42 Å². The lowest BCUT2D eigenvalue weighted by atomic mass is 10.4. The number of hydrogen-bond acceptors (Lipinski definition) is 3. The molecule has 1 N–H and O–H groups in total. The van der Waals surface area contributed by atoms with Gasteiger partial charge in [-0.3, -0.25) is 4.55 Å². The Morgan fingerprint density at radius 3 is 2.70 bits per heavy atom. The molecule has 0 aromatic rings.